The Balaban J connectivity index is 1.14. The molecule has 0 amide bonds. The van der Waals surface area contributed by atoms with Crippen molar-refractivity contribution in [1.82, 2.24) is 0 Å². The molecule has 0 heterocycles. The fourth-order valence-electron chi connectivity index (χ4n) is 9.04. The molecule has 0 aromatic heterocycles. The lowest BCUT2D eigenvalue weighted by molar-refractivity contribution is 0.0686. The Morgan fingerprint density at radius 1 is 0.379 bits per heavy atom. The van der Waals surface area contributed by atoms with E-state index in [0.29, 0.717) is 25.7 Å². The largest absolute Gasteiger partial charge is 0.496 e. The predicted molar refractivity (Wildman–Crippen MR) is 263 cm³/mol. The Morgan fingerprint density at radius 3 is 1.21 bits per heavy atom. The van der Waals surface area contributed by atoms with Gasteiger partial charge >= 0.3 is 11.9 Å². The summed E-state index contributed by atoms with van der Waals surface area (Å²) in [7, 11) is 6.88. The van der Waals surface area contributed by atoms with E-state index in [1.807, 2.05) is 37.3 Å². The van der Waals surface area contributed by atoms with E-state index >= 15 is 0 Å². The summed E-state index contributed by atoms with van der Waals surface area (Å²) in [6, 6.07) is 37.7. The van der Waals surface area contributed by atoms with Gasteiger partial charge in [-0.2, -0.15) is 0 Å². The van der Waals surface area contributed by atoms with Crippen LogP contribution in [-0.2, 0) is 32.1 Å². The van der Waals surface area contributed by atoms with Crippen LogP contribution < -0.4 is 18.9 Å². The number of carboxylic acid groups (broad SMARTS) is 2. The van der Waals surface area contributed by atoms with E-state index in [1.165, 1.54) is 27.8 Å². The van der Waals surface area contributed by atoms with Crippen LogP contribution in [0.1, 0.15) is 93.0 Å². The summed E-state index contributed by atoms with van der Waals surface area (Å²) in [4.78, 5) is 23.3. The van der Waals surface area contributed by atoms with Crippen molar-refractivity contribution in [3.05, 3.63) is 199 Å². The van der Waals surface area contributed by atoms with Crippen molar-refractivity contribution in [3.8, 4) is 45.3 Å². The zero-order valence-electron chi connectivity index (χ0n) is 39.3. The maximum atomic E-state index is 11.7. The molecule has 7 aromatic rings. The zero-order valence-corrected chi connectivity index (χ0v) is 39.3. The molecule has 0 aliphatic carbocycles. The summed E-state index contributed by atoms with van der Waals surface area (Å²) in [6.45, 7) is 10.6. The molecule has 0 aliphatic rings. The lowest BCUT2D eigenvalue weighted by Crippen LogP contribution is -2.04. The molecular formula is C58H58O8. The Bertz CT molecular complexity index is 2930. The van der Waals surface area contributed by atoms with E-state index in [4.69, 9.17) is 18.9 Å². The predicted octanol–water partition coefficient (Wildman–Crippen LogP) is 12.6. The molecule has 0 fully saturated rings. The summed E-state index contributed by atoms with van der Waals surface area (Å²) in [6.07, 6.45) is 3.46. The molecule has 0 unspecified atom stereocenters. The number of carbonyl (C=O) groups is 2. The van der Waals surface area contributed by atoms with E-state index < -0.39 is 11.9 Å². The number of methoxy groups -OCH3 is 4. The molecule has 0 aliphatic heterocycles. The molecule has 0 saturated heterocycles. The highest BCUT2D eigenvalue weighted by molar-refractivity contribution is 5.89. The van der Waals surface area contributed by atoms with Gasteiger partial charge in [0.25, 0.3) is 0 Å². The summed E-state index contributed by atoms with van der Waals surface area (Å²) in [5, 5.41) is 19.1. The van der Waals surface area contributed by atoms with Crippen molar-refractivity contribution in [2.24, 2.45) is 0 Å². The van der Waals surface area contributed by atoms with Gasteiger partial charge in [0.15, 0.2) is 0 Å². The van der Waals surface area contributed by atoms with Gasteiger partial charge in [-0.25, -0.2) is 9.59 Å². The van der Waals surface area contributed by atoms with Crippen LogP contribution in [0.5, 0.6) is 23.0 Å². The minimum Gasteiger partial charge on any atom is -0.496 e. The van der Waals surface area contributed by atoms with Gasteiger partial charge in [-0.1, -0.05) is 72.3 Å². The average molecular weight is 883 g/mol. The smallest absolute Gasteiger partial charge is 0.335 e. The molecule has 7 aromatic carbocycles. The van der Waals surface area contributed by atoms with E-state index in [2.05, 4.69) is 88.4 Å². The second kappa shape index (κ2) is 20.2. The highest BCUT2D eigenvalue weighted by Gasteiger charge is 2.19. The van der Waals surface area contributed by atoms with E-state index in [0.717, 1.165) is 96.2 Å². The molecule has 0 saturated carbocycles. The maximum absolute atomic E-state index is 11.7. The minimum absolute atomic E-state index is 0.227. The fourth-order valence-corrected chi connectivity index (χ4v) is 9.04. The minimum atomic E-state index is -0.973. The summed E-state index contributed by atoms with van der Waals surface area (Å²) in [5.74, 6) is 1.43. The van der Waals surface area contributed by atoms with Gasteiger partial charge in [0, 0.05) is 19.3 Å². The van der Waals surface area contributed by atoms with Crippen LogP contribution >= 0.6 is 0 Å². The number of hydrogen-bond acceptors (Lipinski definition) is 6. The van der Waals surface area contributed by atoms with E-state index in [9.17, 15) is 19.8 Å². The third-order valence-electron chi connectivity index (χ3n) is 12.8. The van der Waals surface area contributed by atoms with Crippen LogP contribution in [0.2, 0.25) is 0 Å². The Kier molecular flexibility index (Phi) is 14.3. The van der Waals surface area contributed by atoms with Gasteiger partial charge in [-0.3, -0.25) is 0 Å². The number of aromatic carboxylic acids is 2. The van der Waals surface area contributed by atoms with Crippen molar-refractivity contribution in [2.45, 2.75) is 66.7 Å². The van der Waals surface area contributed by atoms with Gasteiger partial charge in [-0.05, 0) is 185 Å². The number of benzene rings is 7. The van der Waals surface area contributed by atoms with E-state index in [-0.39, 0.29) is 11.1 Å². The van der Waals surface area contributed by atoms with Crippen molar-refractivity contribution < 1.29 is 38.7 Å². The molecular weight excluding hydrogens is 825 g/mol. The van der Waals surface area contributed by atoms with Crippen LogP contribution in [0, 0.1) is 34.6 Å². The number of hydrogen-bond donors (Lipinski definition) is 2. The van der Waals surface area contributed by atoms with Gasteiger partial charge < -0.3 is 29.2 Å². The molecule has 0 radical (unpaired) electrons. The fraction of sp³-hybridized carbons (Fsp3) is 0.241. The Morgan fingerprint density at radius 2 is 0.773 bits per heavy atom. The molecule has 0 atom stereocenters. The number of ether oxygens (including phenoxy) is 4. The summed E-state index contributed by atoms with van der Waals surface area (Å²) < 4.78 is 23.8. The van der Waals surface area contributed by atoms with Crippen LogP contribution in [-0.4, -0.2) is 50.6 Å². The first-order valence-electron chi connectivity index (χ1n) is 22.1. The van der Waals surface area contributed by atoms with Crippen molar-refractivity contribution in [1.29, 1.82) is 0 Å². The highest BCUT2D eigenvalue weighted by Crippen LogP contribution is 2.37. The first kappa shape index (κ1) is 46.7. The third kappa shape index (κ3) is 10.3. The topological polar surface area (TPSA) is 112 Å². The van der Waals surface area contributed by atoms with Crippen LogP contribution in [0.4, 0.5) is 0 Å². The first-order valence-corrected chi connectivity index (χ1v) is 22.1. The summed E-state index contributed by atoms with van der Waals surface area (Å²) >= 11 is 0. The molecule has 0 spiro atoms. The Hall–Kier alpha value is -7.32. The lowest BCUT2D eigenvalue weighted by atomic mass is 9.87. The maximum Gasteiger partial charge on any atom is 0.335 e. The standard InChI is InChI=1S/C58H58O8/c1-34-10-21-53(63-6)48(22-34)27-45-32-55(65-8)50(24-36(45)3)29-47-33-56(66-9)49(25-37(47)4)28-46-31-54(64-7)44(23-35(46)2)20-19-43-30-51(39-11-15-41(16-12-39)57(59)60)38(5)26-52(43)40-13-17-42(18-14-40)58(61)62/h10-18,21-26,30-33H,19-20,27-29H2,1-9H3,(H,59,60)(H,61,62). The van der Waals surface area contributed by atoms with Gasteiger partial charge in [0.2, 0.25) is 0 Å². The van der Waals surface area contributed by atoms with E-state index in [1.54, 1.807) is 52.7 Å². The van der Waals surface area contributed by atoms with Crippen LogP contribution in [0.3, 0.4) is 0 Å². The van der Waals surface area contributed by atoms with Gasteiger partial charge in [-0.15, -0.1) is 0 Å². The zero-order chi connectivity index (χ0) is 47.2. The van der Waals surface area contributed by atoms with Crippen molar-refractivity contribution in [2.75, 3.05) is 28.4 Å². The molecule has 66 heavy (non-hydrogen) atoms. The normalized spacial score (nSPS) is 11.0. The highest BCUT2D eigenvalue weighted by atomic mass is 16.5. The van der Waals surface area contributed by atoms with Crippen molar-refractivity contribution in [3.63, 3.8) is 0 Å². The second-order valence-corrected chi connectivity index (χ2v) is 17.2. The first-order chi connectivity index (χ1) is 31.7. The average Bonchev–Trinajstić information content (AvgIpc) is 3.30. The van der Waals surface area contributed by atoms with Crippen molar-refractivity contribution >= 4 is 11.9 Å². The molecule has 7 rings (SSSR count). The molecule has 8 heteroatoms. The number of carboxylic acids is 2. The Labute approximate surface area is 388 Å². The molecule has 0 bridgehead atoms. The lowest BCUT2D eigenvalue weighted by Gasteiger charge is -2.19. The number of rotatable bonds is 17. The quantitative estimate of drug-likeness (QED) is 0.0930. The van der Waals surface area contributed by atoms with Gasteiger partial charge in [0.05, 0.1) is 39.6 Å². The van der Waals surface area contributed by atoms with Crippen LogP contribution in [0.25, 0.3) is 22.3 Å². The third-order valence-corrected chi connectivity index (χ3v) is 12.8. The SMILES string of the molecule is COc1cc(Cc2cc(C)c(Cc3cc(C)c(Cc4cc(C)ccc4OC)cc3OC)cc2OC)c(C)cc1CCc1cc(-c2ccc(C(=O)O)cc2)c(C)cc1-c1ccc(C(=O)O)cc1. The molecule has 2 N–H and O–H groups in total. The van der Waals surface area contributed by atoms with Crippen LogP contribution in [0.15, 0.2) is 115 Å². The van der Waals surface area contributed by atoms with Gasteiger partial charge in [0.1, 0.15) is 23.0 Å². The monoisotopic (exact) mass is 882 g/mol. The second-order valence-electron chi connectivity index (χ2n) is 17.2. The molecule has 8 nitrogen and oxygen atoms in total. The molecule has 338 valence electrons. The number of aryl methyl sites for hydroxylation is 7. The summed E-state index contributed by atoms with van der Waals surface area (Å²) in [5.41, 5.74) is 19.0.